The van der Waals surface area contributed by atoms with Crippen molar-refractivity contribution >= 4 is 46.7 Å². The molecule has 0 bridgehead atoms. The Morgan fingerprint density at radius 2 is 1.06 bits per heavy atom. The molecule has 0 saturated carbocycles. The van der Waals surface area contributed by atoms with E-state index < -0.39 is 0 Å². The summed E-state index contributed by atoms with van der Waals surface area (Å²) in [5.41, 5.74) is 1.48. The second kappa shape index (κ2) is 8.65. The van der Waals surface area contributed by atoms with E-state index in [2.05, 4.69) is 44.1 Å². The molecule has 9 nitrogen and oxygen atoms in total. The molecule has 6 rings (SSSR count). The first-order valence-electron chi connectivity index (χ1n) is 10.1. The first-order chi connectivity index (χ1) is 16.2. The van der Waals surface area contributed by atoms with Gasteiger partial charge in [0.2, 0.25) is 0 Å². The van der Waals surface area contributed by atoms with Gasteiger partial charge in [0.15, 0.2) is 12.4 Å². The van der Waals surface area contributed by atoms with Crippen LogP contribution in [-0.4, -0.2) is 55.2 Å². The molecule has 10 heteroatoms. The number of aromatic nitrogens is 4. The molecule has 0 spiro atoms. The van der Waals surface area contributed by atoms with Crippen LogP contribution >= 0.6 is 0 Å². The molecule has 0 amide bonds. The molecule has 2 aliphatic rings. The van der Waals surface area contributed by atoms with Crippen molar-refractivity contribution in [1.29, 1.82) is 0 Å². The Kier molecular flexibility index (Phi) is 5.52. The largest absolute Gasteiger partial charge is 2.00 e. The van der Waals surface area contributed by atoms with Crippen molar-refractivity contribution in [3.8, 4) is 11.5 Å². The van der Waals surface area contributed by atoms with Crippen LogP contribution in [0.2, 0.25) is 0 Å². The van der Waals surface area contributed by atoms with Crippen LogP contribution in [0.5, 0.6) is 11.5 Å². The van der Waals surface area contributed by atoms with Crippen LogP contribution in [0.25, 0.3) is 0 Å². The molecule has 2 aromatic carbocycles. The average Bonchev–Trinajstić information content (AvgIpc) is 3.37. The van der Waals surface area contributed by atoms with E-state index in [0.717, 1.165) is 23.0 Å². The Morgan fingerprint density at radius 1 is 0.647 bits per heavy atom. The SMILES string of the molecule is C[N+]1=C=[N+](c2[c-]c(Oc3[c-]c([N+]4=C=[N+](C)c5nccnc54)ccc3)ccc2)c2nccnc21.[Pt+2]. The van der Waals surface area contributed by atoms with Gasteiger partial charge in [-0.05, 0) is 0 Å². The number of rotatable bonds is 4. The topological polar surface area (TPSA) is 72.8 Å². The van der Waals surface area contributed by atoms with Crippen molar-refractivity contribution in [2.24, 2.45) is 0 Å². The molecule has 34 heavy (non-hydrogen) atoms. The fraction of sp³-hybridized carbons (Fsp3) is 0.0833. The van der Waals surface area contributed by atoms with Gasteiger partial charge < -0.3 is 4.74 Å². The third-order valence-corrected chi connectivity index (χ3v) is 5.09. The Labute approximate surface area is 209 Å². The second-order valence-electron chi connectivity index (χ2n) is 7.30. The molecule has 0 saturated heterocycles. The molecule has 4 aromatic rings. The molecule has 164 valence electrons. The number of hydrogen-bond acceptors (Lipinski definition) is 5. The van der Waals surface area contributed by atoms with Crippen molar-refractivity contribution in [1.82, 2.24) is 29.1 Å². The molecule has 2 aromatic heterocycles. The molecule has 0 fully saturated rings. The average molecular weight is 628 g/mol. The van der Waals surface area contributed by atoms with E-state index in [9.17, 15) is 0 Å². The van der Waals surface area contributed by atoms with Gasteiger partial charge in [0.05, 0.1) is 23.8 Å². The van der Waals surface area contributed by atoms with Crippen LogP contribution in [0.15, 0.2) is 61.2 Å². The van der Waals surface area contributed by atoms with Gasteiger partial charge in [-0.25, -0.2) is 0 Å². The molecular weight excluding hydrogens is 611 g/mol. The van der Waals surface area contributed by atoms with Crippen LogP contribution in [0.4, 0.5) is 34.6 Å². The molecule has 0 unspecified atom stereocenters. The van der Waals surface area contributed by atoms with E-state index in [-0.39, 0.29) is 21.1 Å². The first kappa shape index (κ1) is 21.7. The van der Waals surface area contributed by atoms with E-state index >= 15 is 0 Å². The normalized spacial score (nSPS) is 13.1. The van der Waals surface area contributed by atoms with Crippen LogP contribution in [0.3, 0.4) is 0 Å². The zero-order chi connectivity index (χ0) is 22.4. The molecule has 0 atom stereocenters. The van der Waals surface area contributed by atoms with Crippen LogP contribution in [0, 0.1) is 12.1 Å². The van der Waals surface area contributed by atoms with Crippen LogP contribution < -0.4 is 13.9 Å². The third kappa shape index (κ3) is 3.68. The van der Waals surface area contributed by atoms with Gasteiger partial charge in [-0.3, -0.25) is 0 Å². The maximum Gasteiger partial charge on any atom is 2.00 e. The summed E-state index contributed by atoms with van der Waals surface area (Å²) in [5.74, 6) is 3.90. The van der Waals surface area contributed by atoms with Gasteiger partial charge in [-0.1, -0.05) is 16.7 Å². The fourth-order valence-corrected chi connectivity index (χ4v) is 3.63. The summed E-state index contributed by atoms with van der Waals surface area (Å²) < 4.78 is 13.3. The summed E-state index contributed by atoms with van der Waals surface area (Å²) in [6.07, 6.45) is 6.62. The first-order valence-corrected chi connectivity index (χ1v) is 10.1. The molecule has 0 aliphatic carbocycles. The minimum absolute atomic E-state index is 0. The standard InChI is InChI=1S/C24H16N8O.Pt/c1-29-15-31(23-21(29)25-9-11-27-23)17-5-3-7-19(13-17)33-20-8-4-6-18(14-20)32-16-30(2)22-24(32)28-12-10-26-22;/h3-12H,1-2H3;/q2*+2. The Bertz CT molecular complexity index is 1480. The quantitative estimate of drug-likeness (QED) is 0.257. The fourth-order valence-electron chi connectivity index (χ4n) is 3.63. The van der Waals surface area contributed by atoms with Crippen molar-refractivity contribution in [2.75, 3.05) is 14.1 Å². The van der Waals surface area contributed by atoms with Crippen molar-refractivity contribution in [3.05, 3.63) is 73.3 Å². The summed E-state index contributed by atoms with van der Waals surface area (Å²) in [7, 11) is 3.75. The zero-order valence-corrected chi connectivity index (χ0v) is 20.3. The predicted molar refractivity (Wildman–Crippen MR) is 119 cm³/mol. The van der Waals surface area contributed by atoms with Crippen LogP contribution in [-0.2, 0) is 21.1 Å². The van der Waals surface area contributed by atoms with Gasteiger partial charge >= 0.3 is 56.4 Å². The van der Waals surface area contributed by atoms with E-state index in [4.69, 9.17) is 4.74 Å². The van der Waals surface area contributed by atoms with Gasteiger partial charge in [0.25, 0.3) is 0 Å². The van der Waals surface area contributed by atoms with Gasteiger partial charge in [0.1, 0.15) is 14.1 Å². The second-order valence-corrected chi connectivity index (χ2v) is 7.30. The maximum absolute atomic E-state index is 6.09. The smallest absolute Gasteiger partial charge is 0.509 e. The van der Waals surface area contributed by atoms with E-state index in [1.54, 1.807) is 43.1 Å². The Balaban J connectivity index is 0.00000241. The van der Waals surface area contributed by atoms with E-state index in [1.807, 2.05) is 50.5 Å². The predicted octanol–water partition coefficient (Wildman–Crippen LogP) is 3.25. The molecule has 4 heterocycles. The Morgan fingerprint density at radius 3 is 1.50 bits per heavy atom. The number of nitrogens with zero attached hydrogens (tertiary/aromatic N) is 8. The van der Waals surface area contributed by atoms with Crippen LogP contribution in [0.1, 0.15) is 0 Å². The minimum Gasteiger partial charge on any atom is -0.509 e. The van der Waals surface area contributed by atoms with Gasteiger partial charge in [-0.15, -0.1) is 38.0 Å². The monoisotopic (exact) mass is 627 g/mol. The van der Waals surface area contributed by atoms with Gasteiger partial charge in [-0.2, -0.15) is 22.1 Å². The maximum atomic E-state index is 6.09. The third-order valence-electron chi connectivity index (χ3n) is 5.09. The van der Waals surface area contributed by atoms with Crippen molar-refractivity contribution < 1.29 is 35.0 Å². The number of benzene rings is 2. The summed E-state index contributed by atoms with van der Waals surface area (Å²) in [6.45, 7) is 0. The molecular formula is C24H16N8OPt+4. The summed E-state index contributed by atoms with van der Waals surface area (Å²) in [4.78, 5) is 17.6. The van der Waals surface area contributed by atoms with E-state index in [1.165, 1.54) is 0 Å². The van der Waals surface area contributed by atoms with Gasteiger partial charge in [0, 0.05) is 21.5 Å². The summed E-state index contributed by atoms with van der Waals surface area (Å²) >= 11 is 0. The number of fused-ring (bicyclic) bond motifs is 2. The minimum atomic E-state index is 0. The van der Waals surface area contributed by atoms with Crippen molar-refractivity contribution in [2.45, 2.75) is 0 Å². The zero-order valence-electron chi connectivity index (χ0n) is 18.1. The number of ether oxygens (including phenoxy) is 1. The summed E-state index contributed by atoms with van der Waals surface area (Å²) in [5, 5.41) is 0. The van der Waals surface area contributed by atoms with E-state index in [0.29, 0.717) is 23.1 Å². The van der Waals surface area contributed by atoms with Crippen molar-refractivity contribution in [3.63, 3.8) is 0 Å². The number of hydrogen-bond donors (Lipinski definition) is 0. The summed E-state index contributed by atoms with van der Waals surface area (Å²) in [6, 6.07) is 24.2. The molecule has 0 N–H and O–H groups in total. The molecule has 0 radical (unpaired) electrons. The Hall–Kier alpha value is -4.15. The molecule has 2 aliphatic heterocycles.